The molecule has 0 saturated heterocycles. The summed E-state index contributed by atoms with van der Waals surface area (Å²) in [7, 11) is -0.181. The lowest BCUT2D eigenvalue weighted by molar-refractivity contribution is 0.0195. The van der Waals surface area contributed by atoms with E-state index in [1.807, 2.05) is 5.30 Å². The second-order valence-corrected chi connectivity index (χ2v) is 18.0. The Morgan fingerprint density at radius 2 is 1.03 bits per heavy atom. The van der Waals surface area contributed by atoms with Crippen LogP contribution in [-0.2, 0) is 6.42 Å². The quantitative estimate of drug-likeness (QED) is 0.372. The van der Waals surface area contributed by atoms with Gasteiger partial charge in [0, 0.05) is 23.2 Å². The van der Waals surface area contributed by atoms with E-state index in [1.54, 1.807) is 88.3 Å². The number of hydrogen-bond acceptors (Lipinski definition) is 1. The minimum atomic E-state index is -0.181. The van der Waals surface area contributed by atoms with E-state index in [-0.39, 0.29) is 7.92 Å². The van der Waals surface area contributed by atoms with E-state index in [0.29, 0.717) is 10.3 Å². The molecule has 1 nitrogen and oxygen atoms in total. The first kappa shape index (κ1) is 22.5. The molecule has 9 aliphatic rings. The summed E-state index contributed by atoms with van der Waals surface area (Å²) in [5, 5.41) is 3.13. The predicted molar refractivity (Wildman–Crippen MR) is 157 cm³/mol. The van der Waals surface area contributed by atoms with Crippen LogP contribution < -0.4 is 10.2 Å². The molecule has 11 rings (SSSR count). The summed E-state index contributed by atoms with van der Waals surface area (Å²) in [6, 6.07) is 19.4. The number of para-hydroxylation sites is 2. The van der Waals surface area contributed by atoms with Gasteiger partial charge < -0.3 is 4.90 Å². The summed E-state index contributed by atoms with van der Waals surface area (Å²) >= 11 is 0. The van der Waals surface area contributed by atoms with E-state index >= 15 is 0 Å². The van der Waals surface area contributed by atoms with Crippen LogP contribution in [0.15, 0.2) is 48.5 Å². The van der Waals surface area contributed by atoms with Crippen molar-refractivity contribution >= 4 is 24.6 Å². The van der Waals surface area contributed by atoms with Crippen LogP contribution in [0.2, 0.25) is 0 Å². The summed E-state index contributed by atoms with van der Waals surface area (Å²) in [6.07, 6.45) is 21.5. The first-order chi connectivity index (χ1) is 18.2. The number of benzene rings is 2. The van der Waals surface area contributed by atoms with E-state index in [0.717, 1.165) is 35.5 Å². The highest BCUT2D eigenvalue weighted by Crippen LogP contribution is 2.78. The van der Waals surface area contributed by atoms with Crippen molar-refractivity contribution in [1.29, 1.82) is 0 Å². The van der Waals surface area contributed by atoms with Crippen molar-refractivity contribution in [2.75, 3.05) is 11.4 Å². The maximum atomic E-state index is 2.78. The van der Waals surface area contributed by atoms with Gasteiger partial charge in [-0.15, -0.1) is 0 Å². The molecular formula is C35H44NP. The van der Waals surface area contributed by atoms with Gasteiger partial charge in [0.05, 0.1) is 0 Å². The van der Waals surface area contributed by atoms with E-state index in [1.165, 1.54) is 25.1 Å². The number of aryl methyl sites for hydroxylation is 1. The van der Waals surface area contributed by atoms with Crippen LogP contribution in [0.1, 0.15) is 89.0 Å². The van der Waals surface area contributed by atoms with Gasteiger partial charge in [-0.1, -0.05) is 44.3 Å². The van der Waals surface area contributed by atoms with Crippen molar-refractivity contribution in [1.82, 2.24) is 0 Å². The van der Waals surface area contributed by atoms with Gasteiger partial charge in [0.1, 0.15) is 0 Å². The Kier molecular flexibility index (Phi) is 4.92. The van der Waals surface area contributed by atoms with E-state index in [4.69, 9.17) is 0 Å². The molecule has 0 unspecified atom stereocenters. The lowest BCUT2D eigenvalue weighted by Gasteiger charge is -2.67. The van der Waals surface area contributed by atoms with Crippen molar-refractivity contribution in [3.8, 4) is 0 Å². The van der Waals surface area contributed by atoms with Crippen LogP contribution >= 0.6 is 7.92 Å². The van der Waals surface area contributed by atoms with Gasteiger partial charge in [-0.2, -0.15) is 0 Å². The predicted octanol–water partition coefficient (Wildman–Crippen LogP) is 8.82. The molecule has 2 aromatic rings. The second kappa shape index (κ2) is 8.10. The van der Waals surface area contributed by atoms with Gasteiger partial charge in [0.2, 0.25) is 0 Å². The molecule has 1 heterocycles. The fourth-order valence-corrected chi connectivity index (χ4v) is 17.7. The maximum Gasteiger partial charge on any atom is 0.0489 e. The minimum Gasteiger partial charge on any atom is -0.341 e. The zero-order valence-electron chi connectivity index (χ0n) is 22.6. The average molecular weight is 510 g/mol. The smallest absolute Gasteiger partial charge is 0.0489 e. The average Bonchev–Trinajstić information content (AvgIpc) is 2.87. The summed E-state index contributed by atoms with van der Waals surface area (Å²) < 4.78 is 0. The van der Waals surface area contributed by atoms with Crippen LogP contribution in [0.5, 0.6) is 0 Å². The lowest BCUT2D eigenvalue weighted by Crippen LogP contribution is -2.58. The van der Waals surface area contributed by atoms with Crippen LogP contribution in [0, 0.1) is 35.5 Å². The first-order valence-electron chi connectivity index (χ1n) is 15.9. The van der Waals surface area contributed by atoms with Crippen LogP contribution in [0.25, 0.3) is 0 Å². The molecule has 37 heavy (non-hydrogen) atoms. The minimum absolute atomic E-state index is 0.181. The number of rotatable bonds is 4. The molecule has 0 N–H and O–H groups in total. The molecule has 0 radical (unpaired) electrons. The molecule has 0 atom stereocenters. The normalized spacial score (nSPS) is 43.7. The fourth-order valence-electron chi connectivity index (χ4n) is 12.4. The van der Waals surface area contributed by atoms with Gasteiger partial charge in [-0.05, 0) is 153 Å². The molecule has 8 aliphatic carbocycles. The third kappa shape index (κ3) is 3.38. The van der Waals surface area contributed by atoms with Gasteiger partial charge in [0.25, 0.3) is 0 Å². The van der Waals surface area contributed by atoms with Crippen LogP contribution in [-0.4, -0.2) is 16.9 Å². The van der Waals surface area contributed by atoms with Gasteiger partial charge in [-0.25, -0.2) is 0 Å². The Balaban J connectivity index is 1.23. The molecule has 8 fully saturated rings. The first-order valence-corrected chi connectivity index (χ1v) is 17.3. The third-order valence-corrected chi connectivity index (χ3v) is 16.3. The summed E-state index contributed by atoms with van der Waals surface area (Å²) in [5.74, 6) is 6.29. The monoisotopic (exact) mass is 509 g/mol. The second-order valence-electron chi connectivity index (χ2n) is 15.0. The summed E-state index contributed by atoms with van der Waals surface area (Å²) in [5.41, 5.74) is 4.69. The Morgan fingerprint density at radius 1 is 0.568 bits per heavy atom. The Bertz CT molecular complexity index is 1100. The molecule has 1 aliphatic heterocycles. The van der Waals surface area contributed by atoms with Crippen molar-refractivity contribution in [2.24, 2.45) is 35.5 Å². The van der Waals surface area contributed by atoms with Crippen molar-refractivity contribution < 1.29 is 0 Å². The number of anilines is 2. The fraction of sp³-hybridized carbons (Fsp3) is 0.657. The van der Waals surface area contributed by atoms with Crippen molar-refractivity contribution in [3.05, 3.63) is 54.1 Å². The van der Waals surface area contributed by atoms with Crippen LogP contribution in [0.3, 0.4) is 0 Å². The zero-order chi connectivity index (χ0) is 24.2. The number of fused-ring (bicyclic) bond motifs is 1. The molecule has 8 saturated carbocycles. The molecule has 0 amide bonds. The van der Waals surface area contributed by atoms with E-state index < -0.39 is 0 Å². The Labute approximate surface area is 225 Å². The topological polar surface area (TPSA) is 3.24 Å². The highest BCUT2D eigenvalue weighted by atomic mass is 31.1. The molecule has 194 valence electrons. The largest absolute Gasteiger partial charge is 0.341 e. The van der Waals surface area contributed by atoms with Gasteiger partial charge in [-0.3, -0.25) is 0 Å². The number of hydrogen-bond donors (Lipinski definition) is 0. The lowest BCUT2D eigenvalue weighted by atomic mass is 9.55. The molecule has 0 aromatic heterocycles. The summed E-state index contributed by atoms with van der Waals surface area (Å²) in [6.45, 7) is 1.19. The number of nitrogens with zero attached hydrogens (tertiary/aromatic N) is 1. The molecule has 2 heteroatoms. The van der Waals surface area contributed by atoms with Gasteiger partial charge in [0.15, 0.2) is 0 Å². The molecular weight excluding hydrogens is 465 g/mol. The molecule has 2 aromatic carbocycles. The molecule has 0 spiro atoms. The van der Waals surface area contributed by atoms with E-state index in [2.05, 4.69) is 53.4 Å². The SMILES string of the molecule is c1ccc2c(c1)CCCN2c1ccccc1P(C12CC3CC(CC(C3)C1)C2)C12CC3CC(CC(C3)C1)C2. The standard InChI is InChI=1S/C35H44NP/c1-2-8-31-30(6-1)7-5-11-36(31)32-9-3-4-10-33(32)37(34-18-24-12-25(19-34)14-26(13-24)20-34)35-21-27-15-28(22-35)17-29(16-27)23-35/h1-4,6,8-10,24-29H,5,7,11-23H2. The Morgan fingerprint density at radius 3 is 1.57 bits per heavy atom. The third-order valence-electron chi connectivity index (χ3n) is 12.5. The van der Waals surface area contributed by atoms with Gasteiger partial charge >= 0.3 is 0 Å². The molecule has 8 bridgehead atoms. The highest BCUT2D eigenvalue weighted by molar-refractivity contribution is 7.69. The maximum absolute atomic E-state index is 2.78. The zero-order valence-corrected chi connectivity index (χ0v) is 23.5. The Hall–Kier alpha value is -1.33. The van der Waals surface area contributed by atoms with E-state index in [9.17, 15) is 0 Å². The highest BCUT2D eigenvalue weighted by Gasteiger charge is 2.63. The summed E-state index contributed by atoms with van der Waals surface area (Å²) in [4.78, 5) is 2.78. The van der Waals surface area contributed by atoms with Crippen molar-refractivity contribution in [2.45, 2.75) is 100 Å². The van der Waals surface area contributed by atoms with Crippen molar-refractivity contribution in [3.63, 3.8) is 0 Å². The van der Waals surface area contributed by atoms with Crippen LogP contribution in [0.4, 0.5) is 11.4 Å².